The van der Waals surface area contributed by atoms with Crippen molar-refractivity contribution in [1.82, 2.24) is 5.32 Å². The van der Waals surface area contributed by atoms with Gasteiger partial charge in [-0.1, -0.05) is 18.7 Å². The Morgan fingerprint density at radius 3 is 2.82 bits per heavy atom. The number of amidine groups is 1. The molecule has 5 atom stereocenters. The maximum Gasteiger partial charge on any atom is 0.157 e. The van der Waals surface area contributed by atoms with Gasteiger partial charge in [0.15, 0.2) is 5.17 Å². The minimum atomic E-state index is -0.847. The number of nitrogens with one attached hydrogen (secondary N) is 1. The highest BCUT2D eigenvalue weighted by molar-refractivity contribution is 8.14. The Morgan fingerprint density at radius 1 is 1.41 bits per heavy atom. The summed E-state index contributed by atoms with van der Waals surface area (Å²) in [5.41, 5.74) is 0. The van der Waals surface area contributed by atoms with Crippen LogP contribution in [0.1, 0.15) is 19.8 Å². The minimum Gasteiger partial charge on any atom is -0.396 e. The summed E-state index contributed by atoms with van der Waals surface area (Å²) >= 11 is 1.62. The van der Waals surface area contributed by atoms with Gasteiger partial charge >= 0.3 is 0 Å². The average molecular weight is 260 g/mol. The van der Waals surface area contributed by atoms with Crippen molar-refractivity contribution >= 4 is 16.9 Å². The van der Waals surface area contributed by atoms with Gasteiger partial charge in [-0.3, -0.25) is 4.99 Å². The Labute approximate surface area is 105 Å². The molecule has 0 amide bonds. The van der Waals surface area contributed by atoms with Crippen LogP contribution >= 0.6 is 11.8 Å². The summed E-state index contributed by atoms with van der Waals surface area (Å²) < 4.78 is 0. The van der Waals surface area contributed by atoms with Crippen LogP contribution in [0.4, 0.5) is 0 Å². The predicted molar refractivity (Wildman–Crippen MR) is 68.1 cm³/mol. The number of fused-ring (bicyclic) bond motifs is 1. The summed E-state index contributed by atoms with van der Waals surface area (Å²) in [5.74, 6) is -0.230. The van der Waals surface area contributed by atoms with Crippen LogP contribution < -0.4 is 5.32 Å². The van der Waals surface area contributed by atoms with Gasteiger partial charge in [0.1, 0.15) is 6.10 Å². The van der Waals surface area contributed by atoms with Gasteiger partial charge in [0, 0.05) is 24.3 Å². The van der Waals surface area contributed by atoms with Crippen molar-refractivity contribution in [3.05, 3.63) is 0 Å². The molecule has 1 aliphatic carbocycles. The molecule has 4 N–H and O–H groups in total. The van der Waals surface area contributed by atoms with Crippen molar-refractivity contribution in [2.75, 3.05) is 13.2 Å². The largest absolute Gasteiger partial charge is 0.396 e. The Bertz CT molecular complexity index is 300. The van der Waals surface area contributed by atoms with Crippen molar-refractivity contribution in [3.8, 4) is 0 Å². The molecule has 0 unspecified atom stereocenters. The summed E-state index contributed by atoms with van der Waals surface area (Å²) in [6.45, 7) is 2.76. The zero-order valence-corrected chi connectivity index (χ0v) is 10.7. The maximum atomic E-state index is 10.0. The molecule has 5 nitrogen and oxygen atoms in total. The third-order valence-corrected chi connectivity index (χ3v) is 4.66. The van der Waals surface area contributed by atoms with Crippen molar-refractivity contribution in [3.63, 3.8) is 0 Å². The molecule has 2 fully saturated rings. The second-order valence-electron chi connectivity index (χ2n) is 4.67. The highest BCUT2D eigenvalue weighted by atomic mass is 32.2. The third kappa shape index (κ3) is 2.59. The molecule has 1 saturated carbocycles. The number of rotatable bonds is 3. The quantitative estimate of drug-likeness (QED) is 0.553. The third-order valence-electron chi connectivity index (χ3n) is 3.40. The van der Waals surface area contributed by atoms with Crippen LogP contribution in [-0.4, -0.2) is 57.1 Å². The summed E-state index contributed by atoms with van der Waals surface area (Å²) in [7, 11) is 0. The highest BCUT2D eigenvalue weighted by Gasteiger charge is 2.47. The monoisotopic (exact) mass is 260 g/mol. The Morgan fingerprint density at radius 2 is 2.18 bits per heavy atom. The number of thioether (sulfide) groups is 1. The molecular weight excluding hydrogens is 240 g/mol. The minimum absolute atomic E-state index is 0.0799. The molecule has 6 heteroatoms. The normalized spacial score (nSPS) is 43.5. The van der Waals surface area contributed by atoms with E-state index in [1.807, 2.05) is 0 Å². The number of hydrogen-bond acceptors (Lipinski definition) is 5. The van der Waals surface area contributed by atoms with E-state index >= 15 is 0 Å². The van der Waals surface area contributed by atoms with Gasteiger partial charge in [-0.25, -0.2) is 0 Å². The van der Waals surface area contributed by atoms with Crippen molar-refractivity contribution < 1.29 is 15.3 Å². The number of aliphatic hydroxyl groups is 3. The van der Waals surface area contributed by atoms with Crippen LogP contribution in [0.2, 0.25) is 0 Å². The Hall–Kier alpha value is -0.300. The molecule has 1 aliphatic heterocycles. The van der Waals surface area contributed by atoms with Gasteiger partial charge in [-0.05, 0) is 12.8 Å². The second-order valence-corrected chi connectivity index (χ2v) is 5.90. The summed E-state index contributed by atoms with van der Waals surface area (Å²) in [4.78, 5) is 4.39. The second kappa shape index (κ2) is 5.56. The molecule has 0 spiro atoms. The summed E-state index contributed by atoms with van der Waals surface area (Å²) in [5, 5.41) is 33.2. The van der Waals surface area contributed by atoms with E-state index in [9.17, 15) is 15.3 Å². The summed E-state index contributed by atoms with van der Waals surface area (Å²) in [6.07, 6.45) is 0.0286. The van der Waals surface area contributed by atoms with Gasteiger partial charge in [0.05, 0.1) is 12.1 Å². The molecule has 2 aliphatic rings. The summed E-state index contributed by atoms with van der Waals surface area (Å²) in [6, 6.07) is -0.145. The van der Waals surface area contributed by atoms with E-state index in [1.54, 1.807) is 11.8 Å². The van der Waals surface area contributed by atoms with Crippen molar-refractivity contribution in [2.24, 2.45) is 10.9 Å². The Kier molecular flexibility index (Phi) is 4.30. The molecule has 98 valence electrons. The van der Waals surface area contributed by atoms with Crippen LogP contribution in [0, 0.1) is 5.92 Å². The van der Waals surface area contributed by atoms with Crippen LogP contribution in [0.3, 0.4) is 0 Å². The van der Waals surface area contributed by atoms with E-state index in [-0.39, 0.29) is 23.8 Å². The van der Waals surface area contributed by atoms with Crippen LogP contribution in [0.25, 0.3) is 0 Å². The lowest BCUT2D eigenvalue weighted by molar-refractivity contribution is -0.0680. The number of nitrogens with zero attached hydrogens (tertiary/aromatic N) is 1. The van der Waals surface area contributed by atoms with Crippen LogP contribution in [0.15, 0.2) is 4.99 Å². The zero-order chi connectivity index (χ0) is 12.4. The molecular formula is C11H20N2O3S. The smallest absolute Gasteiger partial charge is 0.157 e. The number of aliphatic imine (C=N–C) groups is 1. The molecule has 0 aromatic rings. The van der Waals surface area contributed by atoms with E-state index in [2.05, 4.69) is 17.2 Å². The molecule has 0 bridgehead atoms. The first-order valence-electron chi connectivity index (χ1n) is 6.12. The molecule has 0 aromatic heterocycles. The van der Waals surface area contributed by atoms with E-state index in [0.29, 0.717) is 6.42 Å². The number of aliphatic hydroxyl groups excluding tert-OH is 3. The predicted octanol–water partition coefficient (Wildman–Crippen LogP) is -0.440. The average Bonchev–Trinajstić information content (AvgIpc) is 2.74. The molecule has 2 rings (SSSR count). The molecule has 0 aromatic carbocycles. The van der Waals surface area contributed by atoms with Gasteiger partial charge in [0.25, 0.3) is 0 Å². The van der Waals surface area contributed by atoms with E-state index in [1.165, 1.54) is 0 Å². The van der Waals surface area contributed by atoms with Gasteiger partial charge in [-0.15, -0.1) is 0 Å². The van der Waals surface area contributed by atoms with Gasteiger partial charge in [-0.2, -0.15) is 0 Å². The fourth-order valence-electron chi connectivity index (χ4n) is 2.39. The highest BCUT2D eigenvalue weighted by Crippen LogP contribution is 2.37. The standard InChI is InChI=1S/C11H20N2O3S/c1-2-3-12-11-13-8-7(17-11)4-6(5-14)9(15)10(8)16/h6-10,14-16H,2-5H2,1H3,(H,12,13)/t6-,7+,8+,9-,10-/m0/s1. The maximum absolute atomic E-state index is 10.0. The van der Waals surface area contributed by atoms with Crippen LogP contribution in [0.5, 0.6) is 0 Å². The van der Waals surface area contributed by atoms with Crippen molar-refractivity contribution in [1.29, 1.82) is 0 Å². The fraction of sp³-hybridized carbons (Fsp3) is 0.909. The molecule has 1 heterocycles. The fourth-order valence-corrected chi connectivity index (χ4v) is 3.77. The zero-order valence-electron chi connectivity index (χ0n) is 9.91. The van der Waals surface area contributed by atoms with Crippen LogP contribution in [-0.2, 0) is 0 Å². The molecule has 1 saturated heterocycles. The van der Waals surface area contributed by atoms with Crippen molar-refractivity contribution in [2.45, 2.75) is 43.3 Å². The lowest BCUT2D eigenvalue weighted by Gasteiger charge is -2.37. The van der Waals surface area contributed by atoms with E-state index in [4.69, 9.17) is 0 Å². The Balaban J connectivity index is 2.04. The SMILES string of the molecule is CCCN=C1N[C@H]2[C@H](O)[C@@H](O)[C@H](CO)C[C@H]2S1. The van der Waals surface area contributed by atoms with E-state index in [0.717, 1.165) is 18.1 Å². The lowest BCUT2D eigenvalue weighted by Crippen LogP contribution is -2.56. The lowest BCUT2D eigenvalue weighted by atomic mass is 9.81. The van der Waals surface area contributed by atoms with E-state index < -0.39 is 12.2 Å². The topological polar surface area (TPSA) is 85.1 Å². The first kappa shape index (κ1) is 13.1. The molecule has 17 heavy (non-hydrogen) atoms. The number of hydrogen-bond donors (Lipinski definition) is 4. The first-order valence-corrected chi connectivity index (χ1v) is 7.00. The van der Waals surface area contributed by atoms with Gasteiger partial charge < -0.3 is 20.6 Å². The molecule has 0 radical (unpaired) electrons. The first-order chi connectivity index (χ1) is 8.17. The van der Waals surface area contributed by atoms with Gasteiger partial charge in [0.2, 0.25) is 0 Å².